The zero-order valence-electron chi connectivity index (χ0n) is 13.8. The first-order valence-electron chi connectivity index (χ1n) is 8.25. The topological polar surface area (TPSA) is 79.4 Å². The molecule has 0 saturated carbocycles. The Labute approximate surface area is 151 Å². The number of nitrogens with zero attached hydrogens (tertiary/aromatic N) is 2. The van der Waals surface area contributed by atoms with Gasteiger partial charge in [0.05, 0.1) is 0 Å². The number of piperidine rings is 1. The highest BCUT2D eigenvalue weighted by Gasteiger charge is 2.30. The van der Waals surface area contributed by atoms with E-state index in [2.05, 4.69) is 10.3 Å². The van der Waals surface area contributed by atoms with Crippen molar-refractivity contribution in [3.63, 3.8) is 0 Å². The molecule has 8 heteroatoms. The Morgan fingerprint density at radius 1 is 1.28 bits per heavy atom. The van der Waals surface area contributed by atoms with Crippen LogP contribution < -0.4 is 5.32 Å². The van der Waals surface area contributed by atoms with Gasteiger partial charge in [0.25, 0.3) is 10.0 Å². The van der Waals surface area contributed by atoms with Crippen molar-refractivity contribution in [3.8, 4) is 0 Å². The summed E-state index contributed by atoms with van der Waals surface area (Å²) in [7, 11) is -3.37. The molecule has 134 valence electrons. The predicted octanol–water partition coefficient (Wildman–Crippen LogP) is 2.25. The summed E-state index contributed by atoms with van der Waals surface area (Å²) in [5, 5.41) is 4.67. The van der Waals surface area contributed by atoms with Gasteiger partial charge in [0.1, 0.15) is 4.21 Å². The lowest BCUT2D eigenvalue weighted by Crippen LogP contribution is -2.39. The number of carbonyl (C=O) groups excluding carboxylic acids is 1. The molecule has 0 aliphatic carbocycles. The Balaban J connectivity index is 1.45. The Kier molecular flexibility index (Phi) is 5.82. The van der Waals surface area contributed by atoms with E-state index in [1.807, 2.05) is 12.1 Å². The van der Waals surface area contributed by atoms with Gasteiger partial charge in [0.15, 0.2) is 0 Å². The highest BCUT2D eigenvalue weighted by Crippen LogP contribution is 2.27. The molecule has 2 aromatic heterocycles. The van der Waals surface area contributed by atoms with E-state index in [4.69, 9.17) is 0 Å². The molecule has 0 bridgehead atoms. The van der Waals surface area contributed by atoms with Crippen molar-refractivity contribution >= 4 is 27.3 Å². The molecule has 0 unspecified atom stereocenters. The molecular formula is C17H21N3O3S2. The van der Waals surface area contributed by atoms with Crippen LogP contribution in [0.3, 0.4) is 0 Å². The molecule has 25 heavy (non-hydrogen) atoms. The second kappa shape index (κ2) is 8.07. The molecule has 3 rings (SSSR count). The lowest BCUT2D eigenvalue weighted by molar-refractivity contribution is -0.122. The molecule has 1 amide bonds. The molecule has 1 aliphatic heterocycles. The zero-order chi connectivity index (χ0) is 17.7. The van der Waals surface area contributed by atoms with Gasteiger partial charge in [0, 0.05) is 38.4 Å². The smallest absolute Gasteiger partial charge is 0.252 e. The van der Waals surface area contributed by atoms with Gasteiger partial charge in [-0.25, -0.2) is 8.42 Å². The number of hydrogen-bond acceptors (Lipinski definition) is 5. The molecular weight excluding hydrogens is 358 g/mol. The van der Waals surface area contributed by atoms with Crippen LogP contribution in [-0.2, 0) is 21.4 Å². The Bertz CT molecular complexity index is 784. The standard InChI is InChI=1S/C17H21N3O3S2/c21-16(19-13-15-3-1-7-18-12-15)11-14-5-8-20(9-6-14)25(22,23)17-4-2-10-24-17/h1-4,7,10,12,14H,5-6,8-9,11,13H2,(H,19,21). The van der Waals surface area contributed by atoms with Gasteiger partial charge < -0.3 is 5.32 Å². The summed E-state index contributed by atoms with van der Waals surface area (Å²) >= 11 is 1.24. The van der Waals surface area contributed by atoms with Crippen LogP contribution in [-0.4, -0.2) is 36.7 Å². The lowest BCUT2D eigenvalue weighted by Gasteiger charge is -2.30. The molecule has 0 atom stereocenters. The summed E-state index contributed by atoms with van der Waals surface area (Å²) in [6.07, 6.45) is 5.29. The number of nitrogens with one attached hydrogen (secondary N) is 1. The van der Waals surface area contributed by atoms with E-state index >= 15 is 0 Å². The third kappa shape index (κ3) is 4.65. The summed E-state index contributed by atoms with van der Waals surface area (Å²) in [4.78, 5) is 16.1. The van der Waals surface area contributed by atoms with Crippen LogP contribution in [0.1, 0.15) is 24.8 Å². The van der Waals surface area contributed by atoms with Crippen LogP contribution in [0.15, 0.2) is 46.2 Å². The quantitative estimate of drug-likeness (QED) is 0.835. The van der Waals surface area contributed by atoms with Crippen molar-refractivity contribution in [1.82, 2.24) is 14.6 Å². The molecule has 2 aromatic rings. The van der Waals surface area contributed by atoms with E-state index in [0.717, 1.165) is 5.56 Å². The molecule has 0 aromatic carbocycles. The molecule has 3 heterocycles. The van der Waals surface area contributed by atoms with E-state index in [1.165, 1.54) is 15.6 Å². The summed E-state index contributed by atoms with van der Waals surface area (Å²) in [5.74, 6) is 0.229. The third-order valence-corrected chi connectivity index (χ3v) is 7.62. The van der Waals surface area contributed by atoms with Crippen LogP contribution in [0.2, 0.25) is 0 Å². The van der Waals surface area contributed by atoms with E-state index in [0.29, 0.717) is 43.1 Å². The average Bonchev–Trinajstić information content (AvgIpc) is 3.17. The average molecular weight is 380 g/mol. The van der Waals surface area contributed by atoms with Crippen molar-refractivity contribution in [1.29, 1.82) is 0 Å². The summed E-state index contributed by atoms with van der Waals surface area (Å²) in [6.45, 7) is 1.42. The maximum absolute atomic E-state index is 12.5. The van der Waals surface area contributed by atoms with Gasteiger partial charge >= 0.3 is 0 Å². The monoisotopic (exact) mass is 379 g/mol. The number of aromatic nitrogens is 1. The molecule has 0 spiro atoms. The minimum absolute atomic E-state index is 0.00316. The van der Waals surface area contributed by atoms with Gasteiger partial charge in [-0.05, 0) is 41.8 Å². The summed E-state index contributed by atoms with van der Waals surface area (Å²) < 4.78 is 26.9. The molecule has 1 aliphatic rings. The fourth-order valence-corrected chi connectivity index (χ4v) is 5.54. The number of sulfonamides is 1. The Morgan fingerprint density at radius 2 is 2.08 bits per heavy atom. The number of amides is 1. The molecule has 0 radical (unpaired) electrons. The fraction of sp³-hybridized carbons (Fsp3) is 0.412. The molecule has 6 nitrogen and oxygen atoms in total. The van der Waals surface area contributed by atoms with Gasteiger partial charge in [-0.15, -0.1) is 11.3 Å². The number of rotatable bonds is 6. The second-order valence-electron chi connectivity index (χ2n) is 6.12. The second-order valence-corrected chi connectivity index (χ2v) is 9.23. The SMILES string of the molecule is O=C(CC1CCN(S(=O)(=O)c2cccs2)CC1)NCc1cccnc1. The Hall–Kier alpha value is -1.77. The normalized spacial score (nSPS) is 16.6. The highest BCUT2D eigenvalue weighted by atomic mass is 32.2. The minimum atomic E-state index is -3.37. The lowest BCUT2D eigenvalue weighted by atomic mass is 9.94. The molecule has 1 fully saturated rings. The van der Waals surface area contributed by atoms with Crippen molar-refractivity contribution in [2.75, 3.05) is 13.1 Å². The van der Waals surface area contributed by atoms with Crippen LogP contribution in [0.25, 0.3) is 0 Å². The van der Waals surface area contributed by atoms with E-state index in [1.54, 1.807) is 29.9 Å². The van der Waals surface area contributed by atoms with E-state index < -0.39 is 10.0 Å². The first-order valence-corrected chi connectivity index (χ1v) is 10.6. The van der Waals surface area contributed by atoms with E-state index in [9.17, 15) is 13.2 Å². The minimum Gasteiger partial charge on any atom is -0.352 e. The maximum Gasteiger partial charge on any atom is 0.252 e. The van der Waals surface area contributed by atoms with Gasteiger partial charge in [-0.1, -0.05) is 12.1 Å². The molecule has 1 saturated heterocycles. The number of thiophene rings is 1. The van der Waals surface area contributed by atoms with Crippen LogP contribution >= 0.6 is 11.3 Å². The van der Waals surface area contributed by atoms with Crippen molar-refractivity contribution in [3.05, 3.63) is 47.6 Å². The highest BCUT2D eigenvalue weighted by molar-refractivity contribution is 7.91. The predicted molar refractivity (Wildman–Crippen MR) is 96.5 cm³/mol. The number of pyridine rings is 1. The van der Waals surface area contributed by atoms with Gasteiger partial charge in [0.2, 0.25) is 5.91 Å². The van der Waals surface area contributed by atoms with Crippen LogP contribution in [0, 0.1) is 5.92 Å². The number of carbonyl (C=O) groups is 1. The Morgan fingerprint density at radius 3 is 2.72 bits per heavy atom. The fourth-order valence-electron chi connectivity index (χ4n) is 2.93. The van der Waals surface area contributed by atoms with Gasteiger partial charge in [-0.2, -0.15) is 4.31 Å². The first-order chi connectivity index (χ1) is 12.1. The molecule has 1 N–H and O–H groups in total. The summed E-state index contributed by atoms with van der Waals surface area (Å²) in [5.41, 5.74) is 0.965. The van der Waals surface area contributed by atoms with Crippen molar-refractivity contribution in [2.24, 2.45) is 5.92 Å². The van der Waals surface area contributed by atoms with Crippen LogP contribution in [0.4, 0.5) is 0 Å². The van der Waals surface area contributed by atoms with Crippen LogP contribution in [0.5, 0.6) is 0 Å². The maximum atomic E-state index is 12.5. The first kappa shape index (κ1) is 18.0. The number of hydrogen-bond donors (Lipinski definition) is 1. The van der Waals surface area contributed by atoms with E-state index in [-0.39, 0.29) is 11.8 Å². The third-order valence-electron chi connectivity index (χ3n) is 4.35. The summed E-state index contributed by atoms with van der Waals surface area (Å²) in [6, 6.07) is 7.14. The van der Waals surface area contributed by atoms with Gasteiger partial charge in [-0.3, -0.25) is 9.78 Å². The largest absolute Gasteiger partial charge is 0.352 e. The zero-order valence-corrected chi connectivity index (χ0v) is 15.4. The van der Waals surface area contributed by atoms with Crippen molar-refractivity contribution < 1.29 is 13.2 Å². The van der Waals surface area contributed by atoms with Crippen molar-refractivity contribution in [2.45, 2.75) is 30.0 Å².